The Morgan fingerprint density at radius 1 is 1.15 bits per heavy atom. The highest BCUT2D eigenvalue weighted by molar-refractivity contribution is 9.10. The van der Waals surface area contributed by atoms with Crippen LogP contribution in [0.1, 0.15) is 21.5 Å². The third-order valence-electron chi connectivity index (χ3n) is 2.92. The molecule has 3 N–H and O–H groups in total. The van der Waals surface area contributed by atoms with Crippen LogP contribution in [-0.4, -0.2) is 16.1 Å². The van der Waals surface area contributed by atoms with Gasteiger partial charge in [-0.3, -0.25) is 4.79 Å². The normalized spacial score (nSPS) is 10.3. The molecule has 0 spiro atoms. The van der Waals surface area contributed by atoms with Crippen molar-refractivity contribution in [1.82, 2.24) is 0 Å². The molecule has 20 heavy (non-hydrogen) atoms. The number of phenols is 2. The smallest absolute Gasteiger partial charge is 0.263 e. The van der Waals surface area contributed by atoms with E-state index in [0.717, 1.165) is 15.6 Å². The number of nitrogens with one attached hydrogen (secondary N) is 1. The molecule has 104 valence electrons. The first kappa shape index (κ1) is 14.4. The minimum atomic E-state index is -0.562. The fraction of sp³-hybridized carbons (Fsp3) is 0.133. The Balaban J connectivity index is 2.38. The summed E-state index contributed by atoms with van der Waals surface area (Å²) in [5.74, 6) is -1.08. The largest absolute Gasteiger partial charge is 0.507 e. The Bertz CT molecular complexity index is 640. The van der Waals surface area contributed by atoms with Crippen LogP contribution in [-0.2, 0) is 0 Å². The molecule has 0 heterocycles. The maximum atomic E-state index is 12.2. The number of amides is 1. The number of aryl methyl sites for hydroxylation is 2. The highest BCUT2D eigenvalue weighted by atomic mass is 79.9. The van der Waals surface area contributed by atoms with Crippen molar-refractivity contribution in [2.45, 2.75) is 13.8 Å². The molecular weight excluding hydrogens is 322 g/mol. The summed E-state index contributed by atoms with van der Waals surface area (Å²) in [6, 6.07) is 7.99. The number of benzene rings is 2. The van der Waals surface area contributed by atoms with E-state index in [2.05, 4.69) is 21.2 Å². The Morgan fingerprint density at radius 3 is 2.30 bits per heavy atom. The van der Waals surface area contributed by atoms with Crippen molar-refractivity contribution < 1.29 is 15.0 Å². The van der Waals surface area contributed by atoms with Crippen LogP contribution in [0.25, 0.3) is 0 Å². The van der Waals surface area contributed by atoms with E-state index < -0.39 is 5.91 Å². The van der Waals surface area contributed by atoms with E-state index in [1.54, 1.807) is 0 Å². The van der Waals surface area contributed by atoms with Gasteiger partial charge in [-0.15, -0.1) is 0 Å². The van der Waals surface area contributed by atoms with Crippen LogP contribution in [0.15, 0.2) is 34.8 Å². The number of hydrogen-bond acceptors (Lipinski definition) is 3. The first-order valence-electron chi connectivity index (χ1n) is 5.99. The topological polar surface area (TPSA) is 69.6 Å². The molecule has 1 amide bonds. The molecule has 0 saturated heterocycles. The van der Waals surface area contributed by atoms with Crippen molar-refractivity contribution >= 4 is 27.5 Å². The Labute approximate surface area is 125 Å². The van der Waals surface area contributed by atoms with Gasteiger partial charge in [0.05, 0.1) is 5.69 Å². The summed E-state index contributed by atoms with van der Waals surface area (Å²) in [5.41, 5.74) is 2.43. The van der Waals surface area contributed by atoms with Crippen LogP contribution in [0.2, 0.25) is 0 Å². The van der Waals surface area contributed by atoms with Gasteiger partial charge >= 0.3 is 0 Å². The molecule has 2 rings (SSSR count). The van der Waals surface area contributed by atoms with Crippen LogP contribution in [0.5, 0.6) is 11.5 Å². The lowest BCUT2D eigenvalue weighted by molar-refractivity contribution is 0.102. The van der Waals surface area contributed by atoms with Gasteiger partial charge in [0.2, 0.25) is 0 Å². The summed E-state index contributed by atoms with van der Waals surface area (Å²) >= 11 is 3.40. The van der Waals surface area contributed by atoms with E-state index in [1.807, 2.05) is 26.0 Å². The first-order chi connectivity index (χ1) is 9.40. The molecule has 0 saturated carbocycles. The van der Waals surface area contributed by atoms with Crippen LogP contribution >= 0.6 is 15.9 Å². The SMILES string of the molecule is Cc1cc(C)c(NC(=O)c2c(O)cccc2O)c(Br)c1. The van der Waals surface area contributed by atoms with Gasteiger partial charge in [0.1, 0.15) is 17.1 Å². The molecule has 4 nitrogen and oxygen atoms in total. The number of carbonyl (C=O) groups excluding carboxylic acids is 1. The third-order valence-corrected chi connectivity index (χ3v) is 3.54. The predicted molar refractivity (Wildman–Crippen MR) is 81.3 cm³/mol. The standard InChI is InChI=1S/C15H14BrNO3/c1-8-6-9(2)14(10(16)7-8)17-15(20)13-11(18)4-3-5-12(13)19/h3-7,18-19H,1-2H3,(H,17,20). The van der Waals surface area contributed by atoms with Gasteiger partial charge in [0.15, 0.2) is 0 Å². The molecule has 0 atom stereocenters. The fourth-order valence-electron chi connectivity index (χ4n) is 2.01. The summed E-state index contributed by atoms with van der Waals surface area (Å²) in [4.78, 5) is 12.2. The van der Waals surface area contributed by atoms with Gasteiger partial charge in [0.25, 0.3) is 5.91 Å². The van der Waals surface area contributed by atoms with Crippen molar-refractivity contribution in [3.63, 3.8) is 0 Å². The summed E-state index contributed by atoms with van der Waals surface area (Å²) in [7, 11) is 0. The van der Waals surface area contributed by atoms with Crippen LogP contribution in [0.4, 0.5) is 5.69 Å². The van der Waals surface area contributed by atoms with Gasteiger partial charge in [-0.25, -0.2) is 0 Å². The van der Waals surface area contributed by atoms with Crippen molar-refractivity contribution in [3.8, 4) is 11.5 Å². The van der Waals surface area contributed by atoms with E-state index in [-0.39, 0.29) is 17.1 Å². The van der Waals surface area contributed by atoms with Gasteiger partial charge in [-0.2, -0.15) is 0 Å². The summed E-state index contributed by atoms with van der Waals surface area (Å²) in [6.07, 6.45) is 0. The molecule has 2 aromatic rings. The van der Waals surface area contributed by atoms with Crippen molar-refractivity contribution in [3.05, 3.63) is 51.5 Å². The Morgan fingerprint density at radius 2 is 1.75 bits per heavy atom. The van der Waals surface area contributed by atoms with Gasteiger partial charge < -0.3 is 15.5 Å². The number of halogens is 1. The molecule has 2 aromatic carbocycles. The van der Waals surface area contributed by atoms with Crippen LogP contribution in [0, 0.1) is 13.8 Å². The lowest BCUT2D eigenvalue weighted by Gasteiger charge is -2.13. The van der Waals surface area contributed by atoms with E-state index in [0.29, 0.717) is 5.69 Å². The average Bonchev–Trinajstić information content (AvgIpc) is 2.33. The average molecular weight is 336 g/mol. The lowest BCUT2D eigenvalue weighted by Crippen LogP contribution is -2.13. The quantitative estimate of drug-likeness (QED) is 0.783. The second-order valence-corrected chi connectivity index (χ2v) is 5.42. The Hall–Kier alpha value is -2.01. The second-order valence-electron chi connectivity index (χ2n) is 4.56. The lowest BCUT2D eigenvalue weighted by atomic mass is 10.1. The van der Waals surface area contributed by atoms with E-state index in [9.17, 15) is 15.0 Å². The predicted octanol–water partition coefficient (Wildman–Crippen LogP) is 3.73. The van der Waals surface area contributed by atoms with Gasteiger partial charge in [-0.1, -0.05) is 12.1 Å². The molecule has 0 fully saturated rings. The molecule has 0 aliphatic heterocycles. The number of phenolic OH excluding ortho intramolecular Hbond substituents is 2. The van der Waals surface area contributed by atoms with E-state index >= 15 is 0 Å². The fourth-order valence-corrected chi connectivity index (χ4v) is 2.78. The molecule has 0 aliphatic carbocycles. The zero-order valence-electron chi connectivity index (χ0n) is 11.1. The first-order valence-corrected chi connectivity index (χ1v) is 6.78. The van der Waals surface area contributed by atoms with Gasteiger partial charge in [-0.05, 0) is 59.1 Å². The molecule has 0 aliphatic rings. The highest BCUT2D eigenvalue weighted by Crippen LogP contribution is 2.31. The number of carbonyl (C=O) groups is 1. The number of aromatic hydroxyl groups is 2. The molecule has 0 radical (unpaired) electrons. The second kappa shape index (κ2) is 5.54. The maximum Gasteiger partial charge on any atom is 0.263 e. The van der Waals surface area contributed by atoms with E-state index in [4.69, 9.17) is 0 Å². The maximum absolute atomic E-state index is 12.2. The number of hydrogen-bond donors (Lipinski definition) is 3. The van der Waals surface area contributed by atoms with E-state index in [1.165, 1.54) is 18.2 Å². The minimum absolute atomic E-state index is 0.139. The summed E-state index contributed by atoms with van der Waals surface area (Å²) in [6.45, 7) is 3.83. The molecular formula is C15H14BrNO3. The summed E-state index contributed by atoms with van der Waals surface area (Å²) in [5, 5.41) is 22.1. The molecule has 5 heteroatoms. The summed E-state index contributed by atoms with van der Waals surface area (Å²) < 4.78 is 0.748. The zero-order chi connectivity index (χ0) is 14.9. The number of rotatable bonds is 2. The molecule has 0 bridgehead atoms. The molecule has 0 aromatic heterocycles. The monoisotopic (exact) mass is 335 g/mol. The number of anilines is 1. The zero-order valence-corrected chi connectivity index (χ0v) is 12.7. The van der Waals surface area contributed by atoms with Crippen molar-refractivity contribution in [1.29, 1.82) is 0 Å². The van der Waals surface area contributed by atoms with Crippen LogP contribution < -0.4 is 5.32 Å². The van der Waals surface area contributed by atoms with Crippen LogP contribution in [0.3, 0.4) is 0 Å². The Kier molecular flexibility index (Phi) is 3.99. The molecule has 0 unspecified atom stereocenters. The highest BCUT2D eigenvalue weighted by Gasteiger charge is 2.18. The van der Waals surface area contributed by atoms with Crippen molar-refractivity contribution in [2.75, 3.05) is 5.32 Å². The third kappa shape index (κ3) is 2.77. The van der Waals surface area contributed by atoms with Crippen molar-refractivity contribution in [2.24, 2.45) is 0 Å². The minimum Gasteiger partial charge on any atom is -0.507 e. The van der Waals surface area contributed by atoms with Gasteiger partial charge in [0, 0.05) is 4.47 Å².